The highest BCUT2D eigenvalue weighted by molar-refractivity contribution is 7.92. The summed E-state index contributed by atoms with van der Waals surface area (Å²) >= 11 is 0. The molecule has 2 N–H and O–H groups in total. The third-order valence-corrected chi connectivity index (χ3v) is 6.82. The van der Waals surface area contributed by atoms with Gasteiger partial charge in [-0.05, 0) is 55.5 Å². The summed E-state index contributed by atoms with van der Waals surface area (Å²) in [4.78, 5) is 24.6. The molecule has 8 nitrogen and oxygen atoms in total. The van der Waals surface area contributed by atoms with Gasteiger partial charge in [0.15, 0.2) is 6.10 Å². The smallest absolute Gasteiger partial charge is 0.265 e. The SMILES string of the molecule is CC1Oc2ccc(NC(=O)c3cccc(S(=O)(=O)N(C)c4ccccc4)c3)cc2NC1=O. The normalized spacial score (nSPS) is 15.2. The number of ether oxygens (including phenoxy) is 1. The summed E-state index contributed by atoms with van der Waals surface area (Å²) in [6.45, 7) is 1.64. The highest BCUT2D eigenvalue weighted by Crippen LogP contribution is 2.32. The van der Waals surface area contributed by atoms with Crippen LogP contribution in [-0.4, -0.2) is 33.4 Å². The Morgan fingerprint density at radius 2 is 1.78 bits per heavy atom. The van der Waals surface area contributed by atoms with Crippen LogP contribution in [0.1, 0.15) is 17.3 Å². The molecule has 1 aliphatic heterocycles. The van der Waals surface area contributed by atoms with Gasteiger partial charge in [0.25, 0.3) is 21.8 Å². The first-order valence-corrected chi connectivity index (χ1v) is 11.3. The Bertz CT molecular complexity index is 1290. The number of para-hydroxylation sites is 1. The lowest BCUT2D eigenvalue weighted by atomic mass is 10.2. The minimum Gasteiger partial charge on any atom is -0.479 e. The van der Waals surface area contributed by atoms with Crippen LogP contribution in [0.3, 0.4) is 0 Å². The summed E-state index contributed by atoms with van der Waals surface area (Å²) in [5.41, 5.74) is 1.57. The minimum absolute atomic E-state index is 0.00315. The zero-order valence-electron chi connectivity index (χ0n) is 17.4. The van der Waals surface area contributed by atoms with Gasteiger partial charge in [0.1, 0.15) is 5.75 Å². The summed E-state index contributed by atoms with van der Waals surface area (Å²) in [6.07, 6.45) is -0.596. The van der Waals surface area contributed by atoms with Crippen LogP contribution >= 0.6 is 0 Å². The van der Waals surface area contributed by atoms with Gasteiger partial charge in [0.2, 0.25) is 0 Å². The van der Waals surface area contributed by atoms with Crippen LogP contribution in [-0.2, 0) is 14.8 Å². The lowest BCUT2D eigenvalue weighted by molar-refractivity contribution is -0.122. The monoisotopic (exact) mass is 451 g/mol. The number of rotatable bonds is 5. The number of amides is 2. The van der Waals surface area contributed by atoms with Crippen molar-refractivity contribution in [2.45, 2.75) is 17.9 Å². The van der Waals surface area contributed by atoms with E-state index in [1.54, 1.807) is 55.5 Å². The van der Waals surface area contributed by atoms with Crippen LogP contribution in [0.15, 0.2) is 77.7 Å². The molecule has 9 heteroatoms. The molecule has 1 unspecified atom stereocenters. The number of hydrogen-bond acceptors (Lipinski definition) is 5. The van der Waals surface area contributed by atoms with Gasteiger partial charge in [-0.1, -0.05) is 24.3 Å². The van der Waals surface area contributed by atoms with Crippen molar-refractivity contribution in [2.24, 2.45) is 0 Å². The maximum atomic E-state index is 13.0. The van der Waals surface area contributed by atoms with Crippen molar-refractivity contribution in [3.8, 4) is 5.75 Å². The Kier molecular flexibility index (Phi) is 5.58. The second-order valence-corrected chi connectivity index (χ2v) is 9.22. The van der Waals surface area contributed by atoms with E-state index in [4.69, 9.17) is 4.74 Å². The number of anilines is 3. The summed E-state index contributed by atoms with van der Waals surface area (Å²) in [5.74, 6) is -0.255. The van der Waals surface area contributed by atoms with Crippen LogP contribution in [0, 0.1) is 0 Å². The van der Waals surface area contributed by atoms with Gasteiger partial charge >= 0.3 is 0 Å². The molecule has 2 amide bonds. The van der Waals surface area contributed by atoms with E-state index in [0.29, 0.717) is 22.8 Å². The van der Waals surface area contributed by atoms with Crippen molar-refractivity contribution in [2.75, 3.05) is 22.0 Å². The zero-order valence-corrected chi connectivity index (χ0v) is 18.2. The number of benzene rings is 3. The summed E-state index contributed by atoms with van der Waals surface area (Å²) < 4.78 is 32.7. The highest BCUT2D eigenvalue weighted by Gasteiger charge is 2.25. The average Bonchev–Trinajstić information content (AvgIpc) is 2.80. The second-order valence-electron chi connectivity index (χ2n) is 7.25. The maximum Gasteiger partial charge on any atom is 0.265 e. The number of hydrogen-bond donors (Lipinski definition) is 2. The minimum atomic E-state index is -3.86. The van der Waals surface area contributed by atoms with E-state index >= 15 is 0 Å². The average molecular weight is 452 g/mol. The quantitative estimate of drug-likeness (QED) is 0.618. The first-order chi connectivity index (χ1) is 15.3. The van der Waals surface area contributed by atoms with Gasteiger partial charge in [-0.25, -0.2) is 8.42 Å². The summed E-state index contributed by atoms with van der Waals surface area (Å²) in [6, 6.07) is 19.4. The second kappa shape index (κ2) is 8.35. The van der Waals surface area contributed by atoms with Gasteiger partial charge in [0, 0.05) is 18.3 Å². The highest BCUT2D eigenvalue weighted by atomic mass is 32.2. The van der Waals surface area contributed by atoms with Gasteiger partial charge in [-0.3, -0.25) is 13.9 Å². The Morgan fingerprint density at radius 1 is 1.03 bits per heavy atom. The van der Waals surface area contributed by atoms with Crippen molar-refractivity contribution in [1.82, 2.24) is 0 Å². The molecule has 0 radical (unpaired) electrons. The number of nitrogens with zero attached hydrogens (tertiary/aromatic N) is 1. The number of fused-ring (bicyclic) bond motifs is 1. The predicted octanol–water partition coefficient (Wildman–Crippen LogP) is 3.48. The van der Waals surface area contributed by atoms with Crippen molar-refractivity contribution in [3.63, 3.8) is 0 Å². The first-order valence-electron chi connectivity index (χ1n) is 9.83. The largest absolute Gasteiger partial charge is 0.479 e. The van der Waals surface area contributed by atoms with Gasteiger partial charge in [0.05, 0.1) is 16.3 Å². The van der Waals surface area contributed by atoms with Gasteiger partial charge < -0.3 is 15.4 Å². The van der Waals surface area contributed by atoms with E-state index in [1.165, 1.54) is 31.3 Å². The molecule has 0 saturated heterocycles. The number of carbonyl (C=O) groups excluding carboxylic acids is 2. The van der Waals surface area contributed by atoms with E-state index in [0.717, 1.165) is 4.31 Å². The lowest BCUT2D eigenvalue weighted by Gasteiger charge is -2.23. The molecule has 1 heterocycles. The zero-order chi connectivity index (χ0) is 22.9. The molecule has 1 aliphatic rings. The van der Waals surface area contributed by atoms with Crippen molar-refractivity contribution in [3.05, 3.63) is 78.4 Å². The fourth-order valence-corrected chi connectivity index (χ4v) is 4.46. The predicted molar refractivity (Wildman–Crippen MR) is 122 cm³/mol. The van der Waals surface area contributed by atoms with Crippen molar-refractivity contribution in [1.29, 1.82) is 0 Å². The van der Waals surface area contributed by atoms with Gasteiger partial charge in [-0.15, -0.1) is 0 Å². The molecule has 0 aliphatic carbocycles. The van der Waals surface area contributed by atoms with E-state index in [-0.39, 0.29) is 16.4 Å². The molecule has 0 spiro atoms. The van der Waals surface area contributed by atoms with E-state index in [2.05, 4.69) is 10.6 Å². The standard InChI is InChI=1S/C23H21N3O5S/c1-15-22(27)25-20-14-17(11-12-21(20)31-15)24-23(28)16-7-6-10-19(13-16)32(29,30)26(2)18-8-4-3-5-9-18/h3-15H,1-2H3,(H,24,28)(H,25,27). The maximum absolute atomic E-state index is 13.0. The Balaban J connectivity index is 1.55. The molecule has 0 saturated carbocycles. The van der Waals surface area contributed by atoms with Crippen LogP contribution in [0.4, 0.5) is 17.1 Å². The molecular weight excluding hydrogens is 430 g/mol. The molecule has 3 aromatic carbocycles. The molecule has 164 valence electrons. The molecule has 0 fully saturated rings. The number of carbonyl (C=O) groups is 2. The molecule has 32 heavy (non-hydrogen) atoms. The molecule has 1 atom stereocenters. The third-order valence-electron chi connectivity index (χ3n) is 5.04. The number of sulfonamides is 1. The van der Waals surface area contributed by atoms with Crippen LogP contribution in [0.2, 0.25) is 0 Å². The first kappa shape index (κ1) is 21.4. The van der Waals surface area contributed by atoms with Crippen molar-refractivity contribution >= 4 is 38.9 Å². The molecule has 4 rings (SSSR count). The molecule has 0 bridgehead atoms. The number of nitrogens with one attached hydrogen (secondary N) is 2. The van der Waals surface area contributed by atoms with E-state index in [1.807, 2.05) is 0 Å². The van der Waals surface area contributed by atoms with E-state index < -0.39 is 22.0 Å². The fraction of sp³-hybridized carbons (Fsp3) is 0.130. The summed E-state index contributed by atoms with van der Waals surface area (Å²) in [7, 11) is -2.39. The van der Waals surface area contributed by atoms with Crippen LogP contribution in [0.25, 0.3) is 0 Å². The Hall–Kier alpha value is -3.85. The van der Waals surface area contributed by atoms with Crippen LogP contribution < -0.4 is 19.7 Å². The Labute approximate surface area is 185 Å². The van der Waals surface area contributed by atoms with E-state index in [9.17, 15) is 18.0 Å². The van der Waals surface area contributed by atoms with Gasteiger partial charge in [-0.2, -0.15) is 0 Å². The molecule has 3 aromatic rings. The lowest BCUT2D eigenvalue weighted by Crippen LogP contribution is -2.34. The molecular formula is C23H21N3O5S. The topological polar surface area (TPSA) is 105 Å². The summed E-state index contributed by atoms with van der Waals surface area (Å²) in [5, 5.41) is 5.44. The van der Waals surface area contributed by atoms with Crippen LogP contribution in [0.5, 0.6) is 5.75 Å². The fourth-order valence-electron chi connectivity index (χ4n) is 3.22. The molecule has 0 aromatic heterocycles. The Morgan fingerprint density at radius 3 is 2.53 bits per heavy atom. The third kappa shape index (κ3) is 4.15. The van der Waals surface area contributed by atoms with Crippen molar-refractivity contribution < 1.29 is 22.7 Å².